The Balaban J connectivity index is 1.41. The van der Waals surface area contributed by atoms with Crippen molar-refractivity contribution in [1.82, 2.24) is 5.32 Å². The molecule has 0 radical (unpaired) electrons. The zero-order valence-corrected chi connectivity index (χ0v) is 14.4. The second-order valence-corrected chi connectivity index (χ2v) is 6.18. The lowest BCUT2D eigenvalue weighted by Gasteiger charge is -2.08. The van der Waals surface area contributed by atoms with Gasteiger partial charge in [0.2, 0.25) is 0 Å². The minimum absolute atomic E-state index is 0.320. The number of carbonyl (C=O) groups excluding carboxylic acids is 1. The Morgan fingerprint density at radius 3 is 2.83 bits per heavy atom. The molecule has 1 aliphatic rings. The van der Waals surface area contributed by atoms with Gasteiger partial charge in [-0.15, -0.1) is 0 Å². The lowest BCUT2D eigenvalue weighted by atomic mass is 10.1. The van der Waals surface area contributed by atoms with E-state index in [1.807, 2.05) is 12.1 Å². The van der Waals surface area contributed by atoms with Crippen LogP contribution in [0.1, 0.15) is 27.9 Å². The maximum Gasteiger partial charge on any atom is 0.338 e. The summed E-state index contributed by atoms with van der Waals surface area (Å²) in [7, 11) is 0. The van der Waals surface area contributed by atoms with Crippen LogP contribution in [0, 0.1) is 0 Å². The molecule has 0 spiro atoms. The summed E-state index contributed by atoms with van der Waals surface area (Å²) in [6, 6.07) is 12.8. The van der Waals surface area contributed by atoms with Gasteiger partial charge in [-0.25, -0.2) is 4.79 Å². The van der Waals surface area contributed by atoms with Crippen molar-refractivity contribution in [3.8, 4) is 0 Å². The second kappa shape index (κ2) is 7.69. The van der Waals surface area contributed by atoms with E-state index in [1.165, 1.54) is 11.6 Å². The number of benzene rings is 2. The van der Waals surface area contributed by atoms with Crippen molar-refractivity contribution in [2.24, 2.45) is 4.99 Å². The van der Waals surface area contributed by atoms with Gasteiger partial charge < -0.3 is 10.1 Å². The van der Waals surface area contributed by atoms with Gasteiger partial charge in [0.05, 0.1) is 28.8 Å². The lowest BCUT2D eigenvalue weighted by molar-refractivity contribution is 0.0502. The molecular weight excluding hydrogens is 347 g/mol. The number of nitrogens with one attached hydrogen (secondary N) is 1. The summed E-state index contributed by atoms with van der Waals surface area (Å²) < 4.78 is 5.24. The number of nitrogens with zero attached hydrogens (tertiary/aromatic N) is 1. The van der Waals surface area contributed by atoms with Gasteiger partial charge >= 0.3 is 5.97 Å². The van der Waals surface area contributed by atoms with Crippen LogP contribution >= 0.6 is 23.2 Å². The van der Waals surface area contributed by atoms with Gasteiger partial charge in [-0.2, -0.15) is 0 Å². The Morgan fingerprint density at radius 2 is 2.00 bits per heavy atom. The number of fused-ring (bicyclic) bond motifs is 1. The highest BCUT2D eigenvalue weighted by atomic mass is 35.5. The predicted octanol–water partition coefficient (Wildman–Crippen LogP) is 4.09. The van der Waals surface area contributed by atoms with Gasteiger partial charge in [0.25, 0.3) is 0 Å². The van der Waals surface area contributed by atoms with E-state index in [2.05, 4.69) is 22.4 Å². The summed E-state index contributed by atoms with van der Waals surface area (Å²) in [5.74, 6) is 0.499. The van der Waals surface area contributed by atoms with Crippen molar-refractivity contribution in [1.29, 1.82) is 0 Å². The molecule has 124 valence electrons. The summed E-state index contributed by atoms with van der Waals surface area (Å²) in [6.45, 7) is 1.72. The SMILES string of the molecule is O=C(OCCCNC1=NCc2ccccc21)c1ccc(Cl)c(Cl)c1. The molecule has 1 N–H and O–H groups in total. The van der Waals surface area contributed by atoms with E-state index in [0.29, 0.717) is 41.7 Å². The average molecular weight is 363 g/mol. The van der Waals surface area contributed by atoms with Crippen LogP contribution in [-0.2, 0) is 11.3 Å². The molecule has 0 aromatic heterocycles. The van der Waals surface area contributed by atoms with E-state index < -0.39 is 5.97 Å². The third-order valence-electron chi connectivity index (χ3n) is 3.68. The Kier molecular flexibility index (Phi) is 5.38. The standard InChI is InChI=1S/C18H16Cl2N2O2/c19-15-7-6-12(10-16(15)20)18(23)24-9-3-8-21-17-14-5-2-1-4-13(14)11-22-17/h1-2,4-7,10H,3,8-9,11H2,(H,21,22). The number of esters is 1. The monoisotopic (exact) mass is 362 g/mol. The largest absolute Gasteiger partial charge is 0.462 e. The molecule has 0 saturated carbocycles. The molecule has 0 bridgehead atoms. The smallest absolute Gasteiger partial charge is 0.338 e. The van der Waals surface area contributed by atoms with E-state index in [1.54, 1.807) is 12.1 Å². The van der Waals surface area contributed by atoms with Crippen molar-refractivity contribution < 1.29 is 9.53 Å². The first-order chi connectivity index (χ1) is 11.6. The number of carbonyl (C=O) groups is 1. The van der Waals surface area contributed by atoms with E-state index in [-0.39, 0.29) is 0 Å². The van der Waals surface area contributed by atoms with Crippen molar-refractivity contribution in [3.63, 3.8) is 0 Å². The summed E-state index contributed by atoms with van der Waals surface area (Å²) in [6.07, 6.45) is 0.689. The molecule has 4 nitrogen and oxygen atoms in total. The van der Waals surface area contributed by atoms with Crippen molar-refractivity contribution in [3.05, 3.63) is 69.2 Å². The Bertz CT molecular complexity index is 790. The molecule has 1 aliphatic heterocycles. The summed E-state index contributed by atoms with van der Waals surface area (Å²) >= 11 is 11.7. The van der Waals surface area contributed by atoms with Gasteiger partial charge in [0.1, 0.15) is 5.84 Å². The first-order valence-electron chi connectivity index (χ1n) is 7.64. The fraction of sp³-hybridized carbons (Fsp3) is 0.222. The van der Waals surface area contributed by atoms with E-state index in [9.17, 15) is 4.79 Å². The normalized spacial score (nSPS) is 12.5. The maximum absolute atomic E-state index is 11.9. The van der Waals surface area contributed by atoms with E-state index >= 15 is 0 Å². The first kappa shape index (κ1) is 16.8. The molecule has 0 fully saturated rings. The number of aliphatic imine (C=N–C) groups is 1. The highest BCUT2D eigenvalue weighted by molar-refractivity contribution is 6.42. The van der Waals surface area contributed by atoms with Crippen LogP contribution in [0.3, 0.4) is 0 Å². The van der Waals surface area contributed by atoms with Crippen molar-refractivity contribution in [2.45, 2.75) is 13.0 Å². The molecule has 0 aliphatic carbocycles. The van der Waals surface area contributed by atoms with Gasteiger partial charge in [-0.05, 0) is 30.2 Å². The number of hydrogen-bond donors (Lipinski definition) is 1. The summed E-state index contributed by atoms with van der Waals surface area (Å²) in [5.41, 5.74) is 2.77. The van der Waals surface area contributed by atoms with Crippen LogP contribution in [0.2, 0.25) is 10.0 Å². The average Bonchev–Trinajstić information content (AvgIpc) is 3.00. The summed E-state index contributed by atoms with van der Waals surface area (Å²) in [4.78, 5) is 16.4. The minimum atomic E-state index is -0.405. The van der Waals surface area contributed by atoms with Gasteiger partial charge in [-0.1, -0.05) is 47.5 Å². The lowest BCUT2D eigenvalue weighted by Crippen LogP contribution is -2.25. The van der Waals surface area contributed by atoms with Crippen LogP contribution in [0.4, 0.5) is 0 Å². The molecule has 2 aromatic carbocycles. The molecule has 0 atom stereocenters. The topological polar surface area (TPSA) is 50.7 Å². The van der Waals surface area contributed by atoms with E-state index in [0.717, 1.165) is 11.4 Å². The Labute approximate surface area is 150 Å². The highest BCUT2D eigenvalue weighted by Crippen LogP contribution is 2.23. The molecule has 0 saturated heterocycles. The van der Waals surface area contributed by atoms with Crippen molar-refractivity contribution in [2.75, 3.05) is 13.2 Å². The van der Waals surface area contributed by atoms with Crippen LogP contribution in [-0.4, -0.2) is 25.0 Å². The highest BCUT2D eigenvalue weighted by Gasteiger charge is 2.14. The number of ether oxygens (including phenoxy) is 1. The predicted molar refractivity (Wildman–Crippen MR) is 96.0 cm³/mol. The molecular formula is C18H16Cl2N2O2. The van der Waals surface area contributed by atoms with Crippen LogP contribution in [0.5, 0.6) is 0 Å². The summed E-state index contributed by atoms with van der Waals surface area (Å²) in [5, 5.41) is 4.04. The van der Waals surface area contributed by atoms with Gasteiger partial charge in [0, 0.05) is 12.1 Å². The molecule has 3 rings (SSSR count). The zero-order chi connectivity index (χ0) is 16.9. The van der Waals surface area contributed by atoms with Crippen LogP contribution in [0.25, 0.3) is 0 Å². The molecule has 6 heteroatoms. The Hall–Kier alpha value is -2.04. The second-order valence-electron chi connectivity index (χ2n) is 5.37. The first-order valence-corrected chi connectivity index (χ1v) is 8.39. The number of rotatable bonds is 5. The number of hydrogen-bond acceptors (Lipinski definition) is 4. The number of halogens is 2. The van der Waals surface area contributed by atoms with Crippen molar-refractivity contribution >= 4 is 35.0 Å². The Morgan fingerprint density at radius 1 is 1.17 bits per heavy atom. The minimum Gasteiger partial charge on any atom is -0.462 e. The molecule has 1 heterocycles. The molecule has 0 amide bonds. The maximum atomic E-state index is 11.9. The quantitative estimate of drug-likeness (QED) is 0.643. The van der Waals surface area contributed by atoms with E-state index in [4.69, 9.17) is 27.9 Å². The fourth-order valence-electron chi connectivity index (χ4n) is 2.44. The number of amidine groups is 1. The van der Waals surface area contributed by atoms with Crippen LogP contribution in [0.15, 0.2) is 47.5 Å². The third-order valence-corrected chi connectivity index (χ3v) is 4.42. The zero-order valence-electron chi connectivity index (χ0n) is 12.9. The molecule has 24 heavy (non-hydrogen) atoms. The van der Waals surface area contributed by atoms with Gasteiger partial charge in [0.15, 0.2) is 0 Å². The third kappa shape index (κ3) is 3.89. The van der Waals surface area contributed by atoms with Crippen LogP contribution < -0.4 is 5.32 Å². The molecule has 0 unspecified atom stereocenters. The molecule has 2 aromatic rings. The fourth-order valence-corrected chi connectivity index (χ4v) is 2.74. The van der Waals surface area contributed by atoms with Gasteiger partial charge in [-0.3, -0.25) is 4.99 Å².